The van der Waals surface area contributed by atoms with Crippen LogP contribution in [-0.4, -0.2) is 70.9 Å². The first kappa shape index (κ1) is 13.8. The Hall–Kier alpha value is -0.240. The number of hydrogen-bond acceptors (Lipinski definition) is 6. The highest BCUT2D eigenvalue weighted by Crippen LogP contribution is 2.25. The SMILES string of the molecule is COC[C@@H]1O[C@H](O)[C@@H](OC)[C@@H](OC)[C@@H]1OC. The van der Waals surface area contributed by atoms with Crippen LogP contribution in [0.4, 0.5) is 0 Å². The summed E-state index contributed by atoms with van der Waals surface area (Å²) in [5.41, 5.74) is 0. The molecule has 1 rings (SSSR count). The summed E-state index contributed by atoms with van der Waals surface area (Å²) in [5.74, 6) is 0. The highest BCUT2D eigenvalue weighted by atomic mass is 16.7. The predicted molar refractivity (Wildman–Crippen MR) is 55.1 cm³/mol. The lowest BCUT2D eigenvalue weighted by Gasteiger charge is -2.42. The molecule has 0 aliphatic carbocycles. The molecule has 0 unspecified atom stereocenters. The highest BCUT2D eigenvalue weighted by Gasteiger charge is 2.46. The maximum Gasteiger partial charge on any atom is 0.184 e. The summed E-state index contributed by atoms with van der Waals surface area (Å²) in [6, 6.07) is 0. The largest absolute Gasteiger partial charge is 0.382 e. The fourth-order valence-corrected chi connectivity index (χ4v) is 2.00. The highest BCUT2D eigenvalue weighted by molar-refractivity contribution is 4.91. The van der Waals surface area contributed by atoms with Crippen molar-refractivity contribution in [3.8, 4) is 0 Å². The van der Waals surface area contributed by atoms with Crippen molar-refractivity contribution in [2.24, 2.45) is 0 Å². The molecule has 0 saturated carbocycles. The van der Waals surface area contributed by atoms with Crippen molar-refractivity contribution in [3.05, 3.63) is 0 Å². The van der Waals surface area contributed by atoms with E-state index in [1.807, 2.05) is 0 Å². The summed E-state index contributed by atoms with van der Waals surface area (Å²) < 4.78 is 26.1. The second kappa shape index (κ2) is 6.48. The minimum atomic E-state index is -1.04. The van der Waals surface area contributed by atoms with Crippen molar-refractivity contribution in [2.75, 3.05) is 35.0 Å². The normalized spacial score (nSPS) is 39.9. The Morgan fingerprint density at radius 2 is 1.50 bits per heavy atom. The van der Waals surface area contributed by atoms with Crippen molar-refractivity contribution in [1.29, 1.82) is 0 Å². The van der Waals surface area contributed by atoms with Gasteiger partial charge in [-0.2, -0.15) is 0 Å². The van der Waals surface area contributed by atoms with Gasteiger partial charge in [0, 0.05) is 28.4 Å². The lowest BCUT2D eigenvalue weighted by Crippen LogP contribution is -2.60. The van der Waals surface area contributed by atoms with E-state index < -0.39 is 12.4 Å². The molecule has 1 aliphatic rings. The molecule has 0 bridgehead atoms. The Morgan fingerprint density at radius 3 is 1.94 bits per heavy atom. The van der Waals surface area contributed by atoms with Gasteiger partial charge in [0.25, 0.3) is 0 Å². The standard InChI is InChI=1S/C10H20O6/c1-12-5-6-7(13-2)8(14-3)9(15-4)10(11)16-6/h6-11H,5H2,1-4H3/t6-,7+,8-,9-,10-/m0/s1. The van der Waals surface area contributed by atoms with Gasteiger partial charge in [0.1, 0.15) is 24.4 Å². The summed E-state index contributed by atoms with van der Waals surface area (Å²) in [6.07, 6.45) is -2.71. The summed E-state index contributed by atoms with van der Waals surface area (Å²) in [5, 5.41) is 9.74. The van der Waals surface area contributed by atoms with Crippen LogP contribution in [0.15, 0.2) is 0 Å². The van der Waals surface area contributed by atoms with Gasteiger partial charge in [0.2, 0.25) is 0 Å². The Kier molecular flexibility index (Phi) is 5.60. The summed E-state index contributed by atoms with van der Waals surface area (Å²) in [4.78, 5) is 0. The molecule has 0 aromatic heterocycles. The summed E-state index contributed by atoms with van der Waals surface area (Å²) in [6.45, 7) is 0.325. The van der Waals surface area contributed by atoms with Crippen LogP contribution in [0.2, 0.25) is 0 Å². The average Bonchev–Trinajstić information content (AvgIpc) is 2.28. The van der Waals surface area contributed by atoms with Crippen LogP contribution in [0, 0.1) is 0 Å². The lowest BCUT2D eigenvalue weighted by atomic mass is 9.98. The van der Waals surface area contributed by atoms with Gasteiger partial charge in [-0.25, -0.2) is 0 Å². The fraction of sp³-hybridized carbons (Fsp3) is 1.00. The third-order valence-electron chi connectivity index (χ3n) is 2.76. The Balaban J connectivity index is 2.78. The second-order valence-corrected chi connectivity index (χ2v) is 3.62. The molecule has 0 radical (unpaired) electrons. The maximum absolute atomic E-state index is 9.74. The van der Waals surface area contributed by atoms with E-state index in [9.17, 15) is 5.11 Å². The van der Waals surface area contributed by atoms with Crippen molar-refractivity contribution in [1.82, 2.24) is 0 Å². The summed E-state index contributed by atoms with van der Waals surface area (Å²) >= 11 is 0. The third kappa shape index (κ3) is 2.71. The van der Waals surface area contributed by atoms with Gasteiger partial charge in [-0.15, -0.1) is 0 Å². The molecule has 1 fully saturated rings. The van der Waals surface area contributed by atoms with Crippen molar-refractivity contribution >= 4 is 0 Å². The van der Waals surface area contributed by atoms with Crippen LogP contribution < -0.4 is 0 Å². The molecular weight excluding hydrogens is 216 g/mol. The zero-order valence-electron chi connectivity index (χ0n) is 10.1. The molecule has 5 atom stereocenters. The molecule has 1 aliphatic heterocycles. The van der Waals surface area contributed by atoms with Crippen LogP contribution in [0.25, 0.3) is 0 Å². The molecule has 6 nitrogen and oxygen atoms in total. The van der Waals surface area contributed by atoms with Crippen LogP contribution in [0.1, 0.15) is 0 Å². The minimum absolute atomic E-state index is 0.325. The number of aliphatic hydroxyl groups excluding tert-OH is 1. The molecule has 1 N–H and O–H groups in total. The lowest BCUT2D eigenvalue weighted by molar-refractivity contribution is -0.300. The van der Waals surface area contributed by atoms with Crippen molar-refractivity contribution in [3.63, 3.8) is 0 Å². The van der Waals surface area contributed by atoms with Gasteiger partial charge < -0.3 is 28.8 Å². The summed E-state index contributed by atoms with van der Waals surface area (Å²) in [7, 11) is 6.16. The molecule has 1 heterocycles. The number of ether oxygens (including phenoxy) is 5. The monoisotopic (exact) mass is 236 g/mol. The van der Waals surface area contributed by atoms with Crippen LogP contribution in [0.3, 0.4) is 0 Å². The van der Waals surface area contributed by atoms with Gasteiger partial charge in [0.05, 0.1) is 6.61 Å². The third-order valence-corrected chi connectivity index (χ3v) is 2.76. The van der Waals surface area contributed by atoms with E-state index in [1.54, 1.807) is 21.3 Å². The maximum atomic E-state index is 9.74. The average molecular weight is 236 g/mol. The second-order valence-electron chi connectivity index (χ2n) is 3.62. The van der Waals surface area contributed by atoms with E-state index in [-0.39, 0.29) is 18.3 Å². The van der Waals surface area contributed by atoms with E-state index in [0.29, 0.717) is 6.61 Å². The first-order valence-electron chi connectivity index (χ1n) is 5.10. The van der Waals surface area contributed by atoms with Gasteiger partial charge in [-0.05, 0) is 0 Å². The smallest absolute Gasteiger partial charge is 0.184 e. The van der Waals surface area contributed by atoms with E-state index in [2.05, 4.69) is 0 Å². The molecule has 0 aromatic rings. The van der Waals surface area contributed by atoms with Crippen LogP contribution in [0.5, 0.6) is 0 Å². The van der Waals surface area contributed by atoms with Gasteiger partial charge in [-0.1, -0.05) is 0 Å². The van der Waals surface area contributed by atoms with Crippen LogP contribution in [-0.2, 0) is 23.7 Å². The molecule has 6 heteroatoms. The Labute approximate surface area is 95.4 Å². The van der Waals surface area contributed by atoms with E-state index in [0.717, 1.165) is 0 Å². The number of rotatable bonds is 5. The Bertz CT molecular complexity index is 200. The number of hydrogen-bond donors (Lipinski definition) is 1. The fourth-order valence-electron chi connectivity index (χ4n) is 2.00. The molecule has 0 aromatic carbocycles. The van der Waals surface area contributed by atoms with Gasteiger partial charge in [0.15, 0.2) is 6.29 Å². The topological polar surface area (TPSA) is 66.4 Å². The molecule has 96 valence electrons. The first-order valence-corrected chi connectivity index (χ1v) is 5.10. The molecule has 0 amide bonds. The molecule has 16 heavy (non-hydrogen) atoms. The first-order chi connectivity index (χ1) is 7.69. The van der Waals surface area contributed by atoms with Crippen molar-refractivity contribution in [2.45, 2.75) is 30.7 Å². The van der Waals surface area contributed by atoms with Gasteiger partial charge >= 0.3 is 0 Å². The minimum Gasteiger partial charge on any atom is -0.382 e. The van der Waals surface area contributed by atoms with Gasteiger partial charge in [-0.3, -0.25) is 0 Å². The molecular formula is C10H20O6. The number of aliphatic hydroxyl groups is 1. The zero-order chi connectivity index (χ0) is 12.1. The zero-order valence-corrected chi connectivity index (χ0v) is 10.1. The van der Waals surface area contributed by atoms with E-state index >= 15 is 0 Å². The van der Waals surface area contributed by atoms with E-state index in [1.165, 1.54) is 7.11 Å². The van der Waals surface area contributed by atoms with Crippen LogP contribution >= 0.6 is 0 Å². The molecule has 1 saturated heterocycles. The Morgan fingerprint density at radius 1 is 0.938 bits per heavy atom. The molecule has 0 spiro atoms. The van der Waals surface area contributed by atoms with Crippen molar-refractivity contribution < 1.29 is 28.8 Å². The predicted octanol–water partition coefficient (Wildman–Crippen LogP) is -0.605. The van der Waals surface area contributed by atoms with E-state index in [4.69, 9.17) is 23.7 Å². The quantitative estimate of drug-likeness (QED) is 0.687. The number of methoxy groups -OCH3 is 4.